The maximum atomic E-state index is 11.8. The van der Waals surface area contributed by atoms with Gasteiger partial charge in [0.2, 0.25) is 0 Å². The maximum Gasteiger partial charge on any atom is 0.344 e. The number of benzene rings is 2. The number of non-ortho nitro benzene ring substituents is 1. The number of rotatable bonds is 2. The number of nitrogens with zero attached hydrogens (tertiary/aromatic N) is 2. The van der Waals surface area contributed by atoms with Crippen molar-refractivity contribution in [2.24, 2.45) is 0 Å². The van der Waals surface area contributed by atoms with Crippen molar-refractivity contribution < 1.29 is 14.5 Å². The van der Waals surface area contributed by atoms with E-state index in [0.717, 1.165) is 0 Å². The summed E-state index contributed by atoms with van der Waals surface area (Å²) >= 11 is 0. The van der Waals surface area contributed by atoms with Gasteiger partial charge in [-0.15, -0.1) is 0 Å². The molecular weight excluding hydrogens is 284 g/mol. The minimum absolute atomic E-state index is 0.148. The van der Waals surface area contributed by atoms with Crippen molar-refractivity contribution in [3.63, 3.8) is 0 Å². The van der Waals surface area contributed by atoms with Gasteiger partial charge in [0.15, 0.2) is 0 Å². The molecule has 3 rings (SSSR count). The van der Waals surface area contributed by atoms with Gasteiger partial charge in [0.1, 0.15) is 5.76 Å². The SMILES string of the molecule is N#Cc1ccccc1/C=C1/OC(=O)c2cc([N+](=O)[O-])ccc21. The van der Waals surface area contributed by atoms with Crippen LogP contribution < -0.4 is 0 Å². The maximum absolute atomic E-state index is 11.8. The molecule has 106 valence electrons. The molecule has 6 nitrogen and oxygen atoms in total. The van der Waals surface area contributed by atoms with Gasteiger partial charge in [-0.25, -0.2) is 4.79 Å². The Balaban J connectivity index is 2.10. The zero-order chi connectivity index (χ0) is 15.7. The summed E-state index contributed by atoms with van der Waals surface area (Å²) < 4.78 is 5.16. The van der Waals surface area contributed by atoms with Crippen molar-refractivity contribution in [2.75, 3.05) is 0 Å². The van der Waals surface area contributed by atoms with Crippen LogP contribution in [0.15, 0.2) is 42.5 Å². The molecule has 1 heterocycles. The van der Waals surface area contributed by atoms with E-state index in [1.165, 1.54) is 18.2 Å². The fourth-order valence-electron chi connectivity index (χ4n) is 2.21. The van der Waals surface area contributed by atoms with Crippen molar-refractivity contribution in [2.45, 2.75) is 0 Å². The number of hydrogen-bond donors (Lipinski definition) is 0. The minimum Gasteiger partial charge on any atom is -0.422 e. The zero-order valence-corrected chi connectivity index (χ0v) is 11.1. The molecule has 2 aromatic carbocycles. The Bertz CT molecular complexity index is 878. The second-order valence-corrected chi connectivity index (χ2v) is 4.58. The highest BCUT2D eigenvalue weighted by atomic mass is 16.6. The van der Waals surface area contributed by atoms with Gasteiger partial charge < -0.3 is 4.74 Å². The van der Waals surface area contributed by atoms with Gasteiger partial charge in [0, 0.05) is 17.7 Å². The van der Waals surface area contributed by atoms with E-state index in [4.69, 9.17) is 10.00 Å². The van der Waals surface area contributed by atoms with Crippen molar-refractivity contribution in [3.05, 3.63) is 74.8 Å². The Morgan fingerprint density at radius 1 is 1.18 bits per heavy atom. The van der Waals surface area contributed by atoms with Crippen molar-refractivity contribution >= 4 is 23.5 Å². The van der Waals surface area contributed by atoms with E-state index < -0.39 is 10.9 Å². The molecule has 0 aromatic heterocycles. The Morgan fingerprint density at radius 3 is 2.68 bits per heavy atom. The van der Waals surface area contributed by atoms with Crippen LogP contribution in [0, 0.1) is 21.4 Å². The fraction of sp³-hybridized carbons (Fsp3) is 0. The van der Waals surface area contributed by atoms with Crippen LogP contribution in [-0.4, -0.2) is 10.9 Å². The number of cyclic esters (lactones) is 1. The quantitative estimate of drug-likeness (QED) is 0.481. The first-order chi connectivity index (χ1) is 10.6. The molecule has 0 radical (unpaired) electrons. The van der Waals surface area contributed by atoms with E-state index in [0.29, 0.717) is 16.7 Å². The molecule has 0 spiro atoms. The third-order valence-electron chi connectivity index (χ3n) is 3.27. The van der Waals surface area contributed by atoms with Crippen LogP contribution in [0.5, 0.6) is 0 Å². The predicted molar refractivity (Wildman–Crippen MR) is 77.5 cm³/mol. The highest BCUT2D eigenvalue weighted by Gasteiger charge is 2.28. The molecule has 1 aliphatic heterocycles. The molecule has 22 heavy (non-hydrogen) atoms. The second kappa shape index (κ2) is 5.14. The molecular formula is C16H8N2O4. The molecule has 0 saturated heterocycles. The number of hydrogen-bond acceptors (Lipinski definition) is 5. The zero-order valence-electron chi connectivity index (χ0n) is 11.1. The first-order valence-electron chi connectivity index (χ1n) is 6.32. The van der Waals surface area contributed by atoms with Crippen molar-refractivity contribution in [1.82, 2.24) is 0 Å². The molecule has 0 N–H and O–H groups in total. The largest absolute Gasteiger partial charge is 0.422 e. The average molecular weight is 292 g/mol. The van der Waals surface area contributed by atoms with Crippen LogP contribution >= 0.6 is 0 Å². The summed E-state index contributed by atoms with van der Waals surface area (Å²) in [5, 5.41) is 19.8. The highest BCUT2D eigenvalue weighted by molar-refractivity contribution is 6.06. The summed E-state index contributed by atoms with van der Waals surface area (Å²) in [6.45, 7) is 0. The lowest BCUT2D eigenvalue weighted by Gasteiger charge is -2.01. The van der Waals surface area contributed by atoms with Crippen LogP contribution in [0.3, 0.4) is 0 Å². The number of esters is 1. The lowest BCUT2D eigenvalue weighted by molar-refractivity contribution is -0.384. The predicted octanol–water partition coefficient (Wildman–Crippen LogP) is 3.13. The van der Waals surface area contributed by atoms with E-state index in [1.807, 2.05) is 0 Å². The topological polar surface area (TPSA) is 93.2 Å². The molecule has 1 aliphatic rings. The van der Waals surface area contributed by atoms with E-state index in [-0.39, 0.29) is 17.0 Å². The van der Waals surface area contributed by atoms with Gasteiger partial charge in [-0.2, -0.15) is 5.26 Å². The van der Waals surface area contributed by atoms with Gasteiger partial charge in [-0.3, -0.25) is 10.1 Å². The second-order valence-electron chi connectivity index (χ2n) is 4.58. The Labute approximate surface area is 125 Å². The number of nitro benzene ring substituents is 1. The van der Waals surface area contributed by atoms with E-state index >= 15 is 0 Å². The number of carbonyl (C=O) groups is 1. The van der Waals surface area contributed by atoms with Gasteiger partial charge in [-0.1, -0.05) is 18.2 Å². The fourth-order valence-corrected chi connectivity index (χ4v) is 2.21. The van der Waals surface area contributed by atoms with Gasteiger partial charge in [0.25, 0.3) is 5.69 Å². The van der Waals surface area contributed by atoms with E-state index in [1.54, 1.807) is 30.3 Å². The standard InChI is InChI=1S/C16H8N2O4/c17-9-11-4-2-1-3-10(11)7-15-13-6-5-12(18(20)21)8-14(13)16(19)22-15/h1-8H/b15-7+. The molecule has 0 atom stereocenters. The van der Waals surface area contributed by atoms with Crippen LogP contribution in [0.25, 0.3) is 11.8 Å². The summed E-state index contributed by atoms with van der Waals surface area (Å²) in [6, 6.07) is 12.9. The van der Waals surface area contributed by atoms with Gasteiger partial charge in [0.05, 0.1) is 22.1 Å². The minimum atomic E-state index is -0.639. The molecule has 0 aliphatic carbocycles. The highest BCUT2D eigenvalue weighted by Crippen LogP contribution is 2.33. The number of nitriles is 1. The number of nitro groups is 1. The summed E-state index contributed by atoms with van der Waals surface area (Å²) in [6.07, 6.45) is 1.58. The third-order valence-corrected chi connectivity index (χ3v) is 3.27. The third kappa shape index (κ3) is 2.21. The van der Waals surface area contributed by atoms with E-state index in [2.05, 4.69) is 6.07 Å². The van der Waals surface area contributed by atoms with Crippen LogP contribution in [0.2, 0.25) is 0 Å². The van der Waals surface area contributed by atoms with Gasteiger partial charge >= 0.3 is 5.97 Å². The van der Waals surface area contributed by atoms with E-state index in [9.17, 15) is 14.9 Å². The summed E-state index contributed by atoms with van der Waals surface area (Å²) in [5.74, 6) is -0.364. The number of ether oxygens (including phenoxy) is 1. The molecule has 0 fully saturated rings. The normalized spacial score (nSPS) is 14.3. The molecule has 2 aromatic rings. The molecule has 0 saturated carbocycles. The summed E-state index contributed by atoms with van der Waals surface area (Å²) in [7, 11) is 0. The Morgan fingerprint density at radius 2 is 1.95 bits per heavy atom. The lowest BCUT2D eigenvalue weighted by atomic mass is 10.0. The van der Waals surface area contributed by atoms with Crippen molar-refractivity contribution in [1.29, 1.82) is 5.26 Å². The number of fused-ring (bicyclic) bond motifs is 1. The Hall–Kier alpha value is -3.46. The van der Waals surface area contributed by atoms with Crippen LogP contribution in [-0.2, 0) is 4.74 Å². The van der Waals surface area contributed by atoms with Crippen LogP contribution in [0.4, 0.5) is 5.69 Å². The van der Waals surface area contributed by atoms with Crippen molar-refractivity contribution in [3.8, 4) is 6.07 Å². The molecule has 0 amide bonds. The number of carbonyl (C=O) groups excluding carboxylic acids is 1. The van der Waals surface area contributed by atoms with Gasteiger partial charge in [-0.05, 0) is 23.8 Å². The average Bonchev–Trinajstić information content (AvgIpc) is 2.83. The summed E-state index contributed by atoms with van der Waals surface area (Å²) in [4.78, 5) is 22.0. The smallest absolute Gasteiger partial charge is 0.344 e. The molecule has 0 unspecified atom stereocenters. The lowest BCUT2D eigenvalue weighted by Crippen LogP contribution is -1.95. The summed E-state index contributed by atoms with van der Waals surface area (Å²) in [5.41, 5.74) is 1.51. The first kappa shape index (κ1) is 13.5. The molecule has 6 heteroatoms. The Kier molecular flexibility index (Phi) is 3.16. The molecule has 0 bridgehead atoms. The monoisotopic (exact) mass is 292 g/mol. The van der Waals surface area contributed by atoms with Crippen LogP contribution in [0.1, 0.15) is 27.0 Å². The first-order valence-corrected chi connectivity index (χ1v) is 6.32.